The zero-order valence-corrected chi connectivity index (χ0v) is 18.6. The number of hydrogen-bond acceptors (Lipinski definition) is 3. The van der Waals surface area contributed by atoms with E-state index < -0.39 is 0 Å². The Labute approximate surface area is 183 Å². The van der Waals surface area contributed by atoms with Crippen LogP contribution in [0.25, 0.3) is 11.5 Å². The van der Waals surface area contributed by atoms with E-state index in [4.69, 9.17) is 4.42 Å². The molecule has 0 radical (unpaired) electrons. The first-order valence-electron chi connectivity index (χ1n) is 9.29. The van der Waals surface area contributed by atoms with Crippen LogP contribution in [0.4, 0.5) is 0 Å². The van der Waals surface area contributed by atoms with Crippen LogP contribution in [-0.2, 0) is 6.54 Å². The molecule has 148 valence electrons. The van der Waals surface area contributed by atoms with Crippen molar-refractivity contribution in [2.45, 2.75) is 25.8 Å². The quantitative estimate of drug-likeness (QED) is 0.283. The predicted molar refractivity (Wildman–Crippen MR) is 125 cm³/mol. The van der Waals surface area contributed by atoms with Gasteiger partial charge in [0.2, 0.25) is 5.89 Å². The van der Waals surface area contributed by atoms with Crippen LogP contribution in [-0.4, -0.2) is 24.5 Å². The molecule has 1 unspecified atom stereocenters. The molecule has 1 heterocycles. The molecule has 0 saturated heterocycles. The molecule has 0 spiro atoms. The summed E-state index contributed by atoms with van der Waals surface area (Å²) in [7, 11) is 1.77. The van der Waals surface area contributed by atoms with E-state index in [9.17, 15) is 0 Å². The van der Waals surface area contributed by atoms with E-state index in [0.717, 1.165) is 30.2 Å². The second-order valence-electron chi connectivity index (χ2n) is 6.33. The standard InChI is InChI=1S/C22H26N4O.HI/c1-3-17(18-10-6-4-7-11-18)14-24-22(23-2)25-15-20-16-27-21(26-20)19-12-8-5-9-13-19;/h4-13,16-17H,3,14-15H2,1-2H3,(H2,23,24,25);1H. The average molecular weight is 490 g/mol. The summed E-state index contributed by atoms with van der Waals surface area (Å²) in [5.41, 5.74) is 3.15. The van der Waals surface area contributed by atoms with Gasteiger partial charge in [-0.25, -0.2) is 4.98 Å². The lowest BCUT2D eigenvalue weighted by Crippen LogP contribution is -2.39. The molecule has 0 amide bonds. The Bertz CT molecular complexity index is 849. The van der Waals surface area contributed by atoms with Crippen LogP contribution < -0.4 is 10.6 Å². The van der Waals surface area contributed by atoms with Crippen molar-refractivity contribution in [3.8, 4) is 11.5 Å². The average Bonchev–Trinajstić information content (AvgIpc) is 3.21. The first kappa shape index (κ1) is 21.9. The van der Waals surface area contributed by atoms with E-state index >= 15 is 0 Å². The van der Waals surface area contributed by atoms with Crippen molar-refractivity contribution in [1.82, 2.24) is 15.6 Å². The van der Waals surface area contributed by atoms with Crippen LogP contribution in [0.15, 0.2) is 76.3 Å². The van der Waals surface area contributed by atoms with Gasteiger partial charge in [0.15, 0.2) is 5.96 Å². The van der Waals surface area contributed by atoms with Crippen molar-refractivity contribution in [2.75, 3.05) is 13.6 Å². The third-order valence-corrected chi connectivity index (χ3v) is 4.51. The Balaban J connectivity index is 0.00000280. The molecule has 3 aromatic rings. The summed E-state index contributed by atoms with van der Waals surface area (Å²) in [6.07, 6.45) is 2.75. The van der Waals surface area contributed by atoms with Crippen LogP contribution in [0.3, 0.4) is 0 Å². The summed E-state index contributed by atoms with van der Waals surface area (Å²) in [5, 5.41) is 6.71. The topological polar surface area (TPSA) is 62.5 Å². The fourth-order valence-electron chi connectivity index (χ4n) is 2.94. The summed E-state index contributed by atoms with van der Waals surface area (Å²) in [4.78, 5) is 8.84. The Morgan fingerprint density at radius 1 is 1.04 bits per heavy atom. The molecule has 28 heavy (non-hydrogen) atoms. The summed E-state index contributed by atoms with van der Waals surface area (Å²) >= 11 is 0. The maximum Gasteiger partial charge on any atom is 0.226 e. The van der Waals surface area contributed by atoms with Gasteiger partial charge < -0.3 is 15.1 Å². The number of guanidine groups is 1. The molecule has 6 heteroatoms. The minimum atomic E-state index is 0. The molecule has 1 aromatic heterocycles. The Morgan fingerprint density at radius 3 is 2.36 bits per heavy atom. The lowest BCUT2D eigenvalue weighted by Gasteiger charge is -2.18. The van der Waals surface area contributed by atoms with Gasteiger partial charge in [-0.1, -0.05) is 55.5 Å². The number of halogens is 1. The van der Waals surface area contributed by atoms with E-state index in [-0.39, 0.29) is 24.0 Å². The van der Waals surface area contributed by atoms with Gasteiger partial charge >= 0.3 is 0 Å². The monoisotopic (exact) mass is 490 g/mol. The largest absolute Gasteiger partial charge is 0.444 e. The maximum atomic E-state index is 5.58. The van der Waals surface area contributed by atoms with Crippen LogP contribution in [0.5, 0.6) is 0 Å². The molecule has 3 rings (SSSR count). The predicted octanol–water partition coefficient (Wildman–Crippen LogP) is 4.82. The maximum absolute atomic E-state index is 5.58. The third-order valence-electron chi connectivity index (χ3n) is 4.51. The number of aliphatic imine (C=N–C) groups is 1. The van der Waals surface area contributed by atoms with E-state index in [1.807, 2.05) is 36.4 Å². The Morgan fingerprint density at radius 2 is 1.71 bits per heavy atom. The molecule has 5 nitrogen and oxygen atoms in total. The van der Waals surface area contributed by atoms with E-state index in [1.165, 1.54) is 5.56 Å². The SMILES string of the molecule is CCC(CNC(=NC)NCc1coc(-c2ccccc2)n1)c1ccccc1.I. The van der Waals surface area contributed by atoms with E-state index in [0.29, 0.717) is 18.4 Å². The third kappa shape index (κ3) is 6.09. The first-order chi connectivity index (χ1) is 13.3. The normalized spacial score (nSPS) is 12.1. The van der Waals surface area contributed by atoms with Crippen LogP contribution in [0, 0.1) is 0 Å². The number of oxazole rings is 1. The Hall–Kier alpha value is -2.35. The summed E-state index contributed by atoms with van der Waals surface area (Å²) in [6.45, 7) is 3.59. The molecule has 1 atom stereocenters. The molecule has 0 saturated carbocycles. The number of nitrogens with zero attached hydrogens (tertiary/aromatic N) is 2. The van der Waals surface area contributed by atoms with E-state index in [1.54, 1.807) is 13.3 Å². The highest BCUT2D eigenvalue weighted by Crippen LogP contribution is 2.18. The van der Waals surface area contributed by atoms with Gasteiger partial charge in [-0.2, -0.15) is 0 Å². The van der Waals surface area contributed by atoms with Gasteiger partial charge in [0.25, 0.3) is 0 Å². The second kappa shape index (κ2) is 11.5. The van der Waals surface area contributed by atoms with Gasteiger partial charge in [-0.05, 0) is 24.1 Å². The van der Waals surface area contributed by atoms with Crippen LogP contribution in [0.1, 0.15) is 30.5 Å². The fourth-order valence-corrected chi connectivity index (χ4v) is 2.94. The minimum Gasteiger partial charge on any atom is -0.444 e. The fraction of sp³-hybridized carbons (Fsp3) is 0.273. The molecule has 2 aromatic carbocycles. The highest BCUT2D eigenvalue weighted by atomic mass is 127. The highest BCUT2D eigenvalue weighted by molar-refractivity contribution is 14.0. The molecule has 2 N–H and O–H groups in total. The van der Waals surface area contributed by atoms with Crippen molar-refractivity contribution in [3.63, 3.8) is 0 Å². The molecular formula is C22H27IN4O. The molecule has 0 bridgehead atoms. The number of aromatic nitrogens is 1. The van der Waals surface area contributed by atoms with Crippen molar-refractivity contribution in [1.29, 1.82) is 0 Å². The lowest BCUT2D eigenvalue weighted by molar-refractivity contribution is 0.572. The molecule has 0 fully saturated rings. The van der Waals surface area contributed by atoms with Gasteiger partial charge in [0, 0.05) is 25.1 Å². The Kier molecular flexibility index (Phi) is 9.00. The van der Waals surface area contributed by atoms with E-state index in [2.05, 4.69) is 51.8 Å². The number of hydrogen-bond donors (Lipinski definition) is 2. The highest BCUT2D eigenvalue weighted by Gasteiger charge is 2.11. The van der Waals surface area contributed by atoms with Crippen molar-refractivity contribution in [3.05, 3.63) is 78.2 Å². The van der Waals surface area contributed by atoms with Gasteiger partial charge in [0.1, 0.15) is 6.26 Å². The number of benzene rings is 2. The van der Waals surface area contributed by atoms with Crippen molar-refractivity contribution >= 4 is 29.9 Å². The zero-order chi connectivity index (χ0) is 18.9. The zero-order valence-electron chi connectivity index (χ0n) is 16.3. The van der Waals surface area contributed by atoms with Gasteiger partial charge in [-0.3, -0.25) is 4.99 Å². The molecular weight excluding hydrogens is 463 g/mol. The molecule has 0 aliphatic rings. The smallest absolute Gasteiger partial charge is 0.226 e. The second-order valence-corrected chi connectivity index (χ2v) is 6.33. The summed E-state index contributed by atoms with van der Waals surface area (Å²) in [6, 6.07) is 20.4. The summed E-state index contributed by atoms with van der Waals surface area (Å²) < 4.78 is 5.58. The van der Waals surface area contributed by atoms with Crippen molar-refractivity contribution < 1.29 is 4.42 Å². The lowest BCUT2D eigenvalue weighted by atomic mass is 9.97. The van der Waals surface area contributed by atoms with Gasteiger partial charge in [0.05, 0.1) is 12.2 Å². The minimum absolute atomic E-state index is 0. The molecule has 0 aliphatic carbocycles. The van der Waals surface area contributed by atoms with Crippen LogP contribution in [0.2, 0.25) is 0 Å². The first-order valence-corrected chi connectivity index (χ1v) is 9.29. The molecule has 0 aliphatic heterocycles. The van der Waals surface area contributed by atoms with Crippen molar-refractivity contribution in [2.24, 2.45) is 4.99 Å². The van der Waals surface area contributed by atoms with Gasteiger partial charge in [-0.15, -0.1) is 24.0 Å². The summed E-state index contributed by atoms with van der Waals surface area (Å²) in [5.74, 6) is 1.83. The number of rotatable bonds is 7. The number of nitrogens with one attached hydrogen (secondary N) is 2. The van der Waals surface area contributed by atoms with Crippen LogP contribution >= 0.6 is 24.0 Å².